The minimum Gasteiger partial charge on any atom is -0.317 e. The lowest BCUT2D eigenvalue weighted by Gasteiger charge is -2.15. The van der Waals surface area contributed by atoms with Crippen LogP contribution in [0.4, 0.5) is 0 Å². The van der Waals surface area contributed by atoms with E-state index in [0.717, 1.165) is 0 Å². The maximum atomic E-state index is 2.40. The Hall–Kier alpha value is -1.50. The molecule has 17 heavy (non-hydrogen) atoms. The first-order valence-electron chi connectivity index (χ1n) is 6.27. The predicted molar refractivity (Wildman–Crippen MR) is 74.1 cm³/mol. The molecule has 0 bridgehead atoms. The molecule has 0 radical (unpaired) electrons. The third-order valence-electron chi connectivity index (χ3n) is 3.63. The van der Waals surface area contributed by atoms with E-state index >= 15 is 0 Å². The molecule has 0 unspecified atom stereocenters. The summed E-state index contributed by atoms with van der Waals surface area (Å²) in [5.74, 6) is 0.544. The van der Waals surface area contributed by atoms with Crippen molar-refractivity contribution in [1.82, 2.24) is 4.57 Å². The highest BCUT2D eigenvalue weighted by Crippen LogP contribution is 2.30. The molecule has 0 spiro atoms. The van der Waals surface area contributed by atoms with E-state index in [1.165, 1.54) is 28.2 Å². The fourth-order valence-corrected chi connectivity index (χ4v) is 2.58. The lowest BCUT2D eigenvalue weighted by atomic mass is 10.0. The van der Waals surface area contributed by atoms with Gasteiger partial charge in [0.05, 0.1) is 0 Å². The first-order valence-corrected chi connectivity index (χ1v) is 6.27. The topological polar surface area (TPSA) is 4.93 Å². The van der Waals surface area contributed by atoms with Crippen LogP contribution in [0.15, 0.2) is 30.3 Å². The van der Waals surface area contributed by atoms with Gasteiger partial charge in [-0.05, 0) is 49.9 Å². The molecule has 0 saturated carbocycles. The van der Waals surface area contributed by atoms with E-state index < -0.39 is 0 Å². The Morgan fingerprint density at radius 1 is 0.882 bits per heavy atom. The van der Waals surface area contributed by atoms with Crippen molar-refractivity contribution in [2.45, 2.75) is 40.5 Å². The van der Waals surface area contributed by atoms with E-state index in [9.17, 15) is 0 Å². The van der Waals surface area contributed by atoms with Gasteiger partial charge in [-0.3, -0.25) is 0 Å². The number of hydrogen-bond donors (Lipinski definition) is 0. The van der Waals surface area contributed by atoms with E-state index in [1.807, 2.05) is 0 Å². The third kappa shape index (κ3) is 1.90. The van der Waals surface area contributed by atoms with E-state index in [-0.39, 0.29) is 0 Å². The van der Waals surface area contributed by atoms with Gasteiger partial charge in [-0.25, -0.2) is 0 Å². The quantitative estimate of drug-likeness (QED) is 0.710. The van der Waals surface area contributed by atoms with Crippen molar-refractivity contribution in [1.29, 1.82) is 0 Å². The molecule has 90 valence electrons. The highest BCUT2D eigenvalue weighted by atomic mass is 15.0. The van der Waals surface area contributed by atoms with Crippen LogP contribution in [-0.2, 0) is 0 Å². The van der Waals surface area contributed by atoms with Crippen molar-refractivity contribution >= 4 is 0 Å². The molecular formula is C16H21N. The minimum atomic E-state index is 0.544. The molecule has 1 aromatic heterocycles. The van der Waals surface area contributed by atoms with E-state index in [0.29, 0.717) is 5.92 Å². The minimum absolute atomic E-state index is 0.544. The predicted octanol–water partition coefficient (Wildman–Crippen LogP) is 4.53. The SMILES string of the molecule is Cc1c(C)c(C(C)C)n(-c2ccccc2)c1C. The highest BCUT2D eigenvalue weighted by molar-refractivity contribution is 5.46. The number of para-hydroxylation sites is 1. The molecule has 2 aromatic rings. The maximum Gasteiger partial charge on any atom is 0.0455 e. The van der Waals surface area contributed by atoms with Gasteiger partial charge in [0.1, 0.15) is 0 Å². The fourth-order valence-electron chi connectivity index (χ4n) is 2.58. The molecule has 0 N–H and O–H groups in total. The van der Waals surface area contributed by atoms with Crippen molar-refractivity contribution in [3.05, 3.63) is 52.8 Å². The van der Waals surface area contributed by atoms with Crippen LogP contribution in [0.1, 0.15) is 42.3 Å². The second-order valence-electron chi connectivity index (χ2n) is 5.05. The van der Waals surface area contributed by atoms with Crippen LogP contribution in [0.3, 0.4) is 0 Å². The summed E-state index contributed by atoms with van der Waals surface area (Å²) in [6.07, 6.45) is 0. The zero-order valence-electron chi connectivity index (χ0n) is 11.4. The number of hydrogen-bond acceptors (Lipinski definition) is 0. The summed E-state index contributed by atoms with van der Waals surface area (Å²) in [5, 5.41) is 0. The summed E-state index contributed by atoms with van der Waals surface area (Å²) in [6.45, 7) is 11.2. The van der Waals surface area contributed by atoms with E-state index in [2.05, 4.69) is 69.5 Å². The van der Waals surface area contributed by atoms with Gasteiger partial charge in [-0.2, -0.15) is 0 Å². The Balaban J connectivity index is 2.73. The van der Waals surface area contributed by atoms with Crippen LogP contribution in [0.5, 0.6) is 0 Å². The average Bonchev–Trinajstić information content (AvgIpc) is 2.55. The number of aromatic nitrogens is 1. The van der Waals surface area contributed by atoms with Crippen molar-refractivity contribution in [3.63, 3.8) is 0 Å². The van der Waals surface area contributed by atoms with Crippen molar-refractivity contribution in [2.75, 3.05) is 0 Å². The van der Waals surface area contributed by atoms with Crippen LogP contribution in [0, 0.1) is 20.8 Å². The standard InChI is InChI=1S/C16H21N/c1-11(2)16-13(4)12(3)14(5)17(16)15-9-7-6-8-10-15/h6-11H,1-5H3. The number of benzene rings is 1. The summed E-state index contributed by atoms with van der Waals surface area (Å²) in [5.41, 5.74) is 6.91. The molecule has 0 atom stereocenters. The summed E-state index contributed by atoms with van der Waals surface area (Å²) in [6, 6.07) is 10.6. The monoisotopic (exact) mass is 227 g/mol. The molecule has 0 aliphatic rings. The molecule has 0 aliphatic carbocycles. The van der Waals surface area contributed by atoms with Crippen molar-refractivity contribution < 1.29 is 0 Å². The Kier molecular flexibility index (Phi) is 3.10. The smallest absolute Gasteiger partial charge is 0.0455 e. The fraction of sp³-hybridized carbons (Fsp3) is 0.375. The Morgan fingerprint density at radius 2 is 1.47 bits per heavy atom. The van der Waals surface area contributed by atoms with E-state index in [4.69, 9.17) is 0 Å². The molecule has 1 heterocycles. The summed E-state index contributed by atoms with van der Waals surface area (Å²) in [4.78, 5) is 0. The molecule has 1 aromatic carbocycles. The van der Waals surface area contributed by atoms with Gasteiger partial charge in [0.15, 0.2) is 0 Å². The zero-order valence-corrected chi connectivity index (χ0v) is 11.4. The van der Waals surface area contributed by atoms with Crippen LogP contribution in [0.2, 0.25) is 0 Å². The molecule has 1 nitrogen and oxygen atoms in total. The van der Waals surface area contributed by atoms with Gasteiger partial charge in [0.2, 0.25) is 0 Å². The van der Waals surface area contributed by atoms with Crippen molar-refractivity contribution in [3.8, 4) is 5.69 Å². The Bertz CT molecular complexity index is 518. The molecule has 0 amide bonds. The molecular weight excluding hydrogens is 206 g/mol. The van der Waals surface area contributed by atoms with Gasteiger partial charge in [-0.15, -0.1) is 0 Å². The number of nitrogens with zero attached hydrogens (tertiary/aromatic N) is 1. The van der Waals surface area contributed by atoms with Gasteiger partial charge in [0, 0.05) is 17.1 Å². The molecule has 1 heteroatoms. The summed E-state index contributed by atoms with van der Waals surface area (Å²) in [7, 11) is 0. The zero-order chi connectivity index (χ0) is 12.6. The molecule has 2 rings (SSSR count). The normalized spacial score (nSPS) is 11.2. The molecule has 0 aliphatic heterocycles. The largest absolute Gasteiger partial charge is 0.317 e. The van der Waals surface area contributed by atoms with Gasteiger partial charge in [-0.1, -0.05) is 32.0 Å². The maximum absolute atomic E-state index is 2.40. The lowest BCUT2D eigenvalue weighted by molar-refractivity contribution is 0.770. The lowest BCUT2D eigenvalue weighted by Crippen LogP contribution is -2.04. The van der Waals surface area contributed by atoms with Crippen LogP contribution >= 0.6 is 0 Å². The second kappa shape index (κ2) is 4.40. The summed E-state index contributed by atoms with van der Waals surface area (Å²) < 4.78 is 2.40. The number of rotatable bonds is 2. The molecule has 0 fully saturated rings. The van der Waals surface area contributed by atoms with Gasteiger partial charge >= 0.3 is 0 Å². The first-order chi connectivity index (χ1) is 8.04. The van der Waals surface area contributed by atoms with Gasteiger partial charge < -0.3 is 4.57 Å². The summed E-state index contributed by atoms with van der Waals surface area (Å²) >= 11 is 0. The van der Waals surface area contributed by atoms with E-state index in [1.54, 1.807) is 0 Å². The van der Waals surface area contributed by atoms with Crippen LogP contribution in [0.25, 0.3) is 5.69 Å². The van der Waals surface area contributed by atoms with Crippen LogP contribution in [-0.4, -0.2) is 4.57 Å². The van der Waals surface area contributed by atoms with Crippen molar-refractivity contribution in [2.24, 2.45) is 0 Å². The van der Waals surface area contributed by atoms with Crippen LogP contribution < -0.4 is 0 Å². The second-order valence-corrected chi connectivity index (χ2v) is 5.05. The first kappa shape index (κ1) is 12.0. The highest BCUT2D eigenvalue weighted by Gasteiger charge is 2.17. The van der Waals surface area contributed by atoms with Gasteiger partial charge in [0.25, 0.3) is 0 Å². The Morgan fingerprint density at radius 3 is 2.00 bits per heavy atom. The third-order valence-corrected chi connectivity index (χ3v) is 3.63. The molecule has 0 saturated heterocycles. The Labute approximate surface area is 104 Å². The average molecular weight is 227 g/mol.